The Bertz CT molecular complexity index is 513. The SMILES string of the molecule is CCOC(=O)COc1nsc(S(=O)(=O)CCOC)n1. The molecule has 0 unspecified atom stereocenters. The molecule has 8 nitrogen and oxygen atoms in total. The van der Waals surface area contributed by atoms with Crippen LogP contribution in [0.3, 0.4) is 0 Å². The summed E-state index contributed by atoms with van der Waals surface area (Å²) in [6.45, 7) is 1.62. The number of esters is 1. The zero-order valence-electron chi connectivity index (χ0n) is 10.5. The molecule has 0 aromatic carbocycles. The highest BCUT2D eigenvalue weighted by atomic mass is 32.2. The van der Waals surface area contributed by atoms with E-state index in [1.165, 1.54) is 7.11 Å². The second-order valence-corrected chi connectivity index (χ2v) is 6.28. The van der Waals surface area contributed by atoms with Crippen LogP contribution >= 0.6 is 11.5 Å². The van der Waals surface area contributed by atoms with Crippen molar-refractivity contribution in [2.75, 3.05) is 32.7 Å². The third kappa shape index (κ3) is 5.09. The third-order valence-electron chi connectivity index (χ3n) is 1.84. The summed E-state index contributed by atoms with van der Waals surface area (Å²) < 4.78 is 41.2. The van der Waals surface area contributed by atoms with Crippen molar-refractivity contribution < 1.29 is 27.4 Å². The molecular formula is C9H14N2O6S2. The minimum atomic E-state index is -3.53. The van der Waals surface area contributed by atoms with Gasteiger partial charge in [0.1, 0.15) is 0 Å². The molecule has 0 atom stereocenters. The van der Waals surface area contributed by atoms with Crippen LogP contribution in [-0.4, -0.2) is 56.4 Å². The molecule has 0 aliphatic heterocycles. The maximum absolute atomic E-state index is 11.7. The van der Waals surface area contributed by atoms with Crippen LogP contribution in [0.1, 0.15) is 6.92 Å². The second-order valence-electron chi connectivity index (χ2n) is 3.25. The fraction of sp³-hybridized carbons (Fsp3) is 0.667. The Morgan fingerprint density at radius 2 is 2.16 bits per heavy atom. The number of carbonyl (C=O) groups is 1. The molecule has 1 aromatic heterocycles. The number of hydrogen-bond acceptors (Lipinski definition) is 9. The first kappa shape index (κ1) is 15.8. The van der Waals surface area contributed by atoms with E-state index in [9.17, 15) is 13.2 Å². The Balaban J connectivity index is 2.59. The van der Waals surface area contributed by atoms with Crippen LogP contribution in [0.15, 0.2) is 4.34 Å². The molecule has 10 heteroatoms. The summed E-state index contributed by atoms with van der Waals surface area (Å²) in [5.74, 6) is -0.753. The summed E-state index contributed by atoms with van der Waals surface area (Å²) in [7, 11) is -2.12. The van der Waals surface area contributed by atoms with E-state index in [0.717, 1.165) is 0 Å². The van der Waals surface area contributed by atoms with Gasteiger partial charge in [-0.25, -0.2) is 13.2 Å². The smallest absolute Gasteiger partial charge is 0.344 e. The first-order valence-electron chi connectivity index (χ1n) is 5.33. The van der Waals surface area contributed by atoms with Gasteiger partial charge in [0.2, 0.25) is 14.2 Å². The topological polar surface area (TPSA) is 105 Å². The number of hydrogen-bond donors (Lipinski definition) is 0. The van der Waals surface area contributed by atoms with Gasteiger partial charge in [-0.2, -0.15) is 4.98 Å². The minimum Gasteiger partial charge on any atom is -0.463 e. The predicted molar refractivity (Wildman–Crippen MR) is 66.0 cm³/mol. The normalized spacial score (nSPS) is 11.3. The van der Waals surface area contributed by atoms with Crippen LogP contribution in [0.5, 0.6) is 6.01 Å². The van der Waals surface area contributed by atoms with Gasteiger partial charge in [-0.1, -0.05) is 0 Å². The number of nitrogens with zero attached hydrogens (tertiary/aromatic N) is 2. The van der Waals surface area contributed by atoms with Crippen molar-refractivity contribution in [1.29, 1.82) is 0 Å². The first-order chi connectivity index (χ1) is 8.99. The summed E-state index contributed by atoms with van der Waals surface area (Å²) in [4.78, 5) is 14.7. The Hall–Kier alpha value is -1.26. The monoisotopic (exact) mass is 310 g/mol. The quantitative estimate of drug-likeness (QED) is 0.613. The van der Waals surface area contributed by atoms with Crippen molar-refractivity contribution in [3.63, 3.8) is 0 Å². The average molecular weight is 310 g/mol. The van der Waals surface area contributed by atoms with Crippen molar-refractivity contribution in [3.05, 3.63) is 0 Å². The van der Waals surface area contributed by atoms with Gasteiger partial charge < -0.3 is 14.2 Å². The number of aromatic nitrogens is 2. The summed E-state index contributed by atoms with van der Waals surface area (Å²) in [6, 6.07) is -0.158. The summed E-state index contributed by atoms with van der Waals surface area (Å²) in [6.07, 6.45) is 0. The lowest BCUT2D eigenvalue weighted by Crippen LogP contribution is -2.15. The molecule has 0 aliphatic rings. The number of ether oxygens (including phenoxy) is 3. The third-order valence-corrected chi connectivity index (χ3v) is 4.64. The molecular weight excluding hydrogens is 296 g/mol. The van der Waals surface area contributed by atoms with E-state index in [-0.39, 0.29) is 35.9 Å². The Morgan fingerprint density at radius 3 is 2.79 bits per heavy atom. The molecule has 0 spiro atoms. The van der Waals surface area contributed by atoms with Crippen LogP contribution in [0.4, 0.5) is 0 Å². The van der Waals surface area contributed by atoms with Crippen LogP contribution in [0.2, 0.25) is 0 Å². The van der Waals surface area contributed by atoms with E-state index in [1.807, 2.05) is 0 Å². The van der Waals surface area contributed by atoms with Crippen molar-refractivity contribution in [1.82, 2.24) is 9.36 Å². The molecule has 1 rings (SSSR count). The summed E-state index contributed by atoms with van der Waals surface area (Å²) in [5, 5.41) is 0. The van der Waals surface area contributed by atoms with Gasteiger partial charge in [0.05, 0.1) is 19.0 Å². The molecule has 0 saturated carbocycles. The maximum Gasteiger partial charge on any atom is 0.344 e. The summed E-state index contributed by atoms with van der Waals surface area (Å²) >= 11 is 0.690. The lowest BCUT2D eigenvalue weighted by Gasteiger charge is -2.01. The molecule has 19 heavy (non-hydrogen) atoms. The van der Waals surface area contributed by atoms with E-state index >= 15 is 0 Å². The number of methoxy groups -OCH3 is 1. The molecule has 0 radical (unpaired) electrons. The molecule has 108 valence electrons. The average Bonchev–Trinajstić information content (AvgIpc) is 2.84. The largest absolute Gasteiger partial charge is 0.463 e. The van der Waals surface area contributed by atoms with Gasteiger partial charge in [0.15, 0.2) is 6.61 Å². The Kier molecular flexibility index (Phi) is 6.12. The van der Waals surface area contributed by atoms with Gasteiger partial charge in [0, 0.05) is 18.6 Å². The van der Waals surface area contributed by atoms with E-state index in [0.29, 0.717) is 11.5 Å². The Morgan fingerprint density at radius 1 is 1.42 bits per heavy atom. The molecule has 0 N–H and O–H groups in total. The Labute approximate surface area is 114 Å². The molecule has 1 aromatic rings. The minimum absolute atomic E-state index is 0.0704. The van der Waals surface area contributed by atoms with Gasteiger partial charge in [0.25, 0.3) is 0 Å². The van der Waals surface area contributed by atoms with E-state index < -0.39 is 15.8 Å². The standard InChI is InChI=1S/C9H14N2O6S2/c1-3-16-7(12)6-17-8-10-9(18-11-8)19(13,14)5-4-15-2/h3-6H2,1-2H3. The molecule has 1 heterocycles. The van der Waals surface area contributed by atoms with Gasteiger partial charge in [-0.15, -0.1) is 4.37 Å². The first-order valence-corrected chi connectivity index (χ1v) is 7.76. The van der Waals surface area contributed by atoms with Gasteiger partial charge in [-0.05, 0) is 6.92 Å². The summed E-state index contributed by atoms with van der Waals surface area (Å²) in [5.41, 5.74) is 0. The van der Waals surface area contributed by atoms with Crippen LogP contribution in [0.25, 0.3) is 0 Å². The van der Waals surface area contributed by atoms with E-state index in [4.69, 9.17) is 9.47 Å². The lowest BCUT2D eigenvalue weighted by molar-refractivity contribution is -0.145. The van der Waals surface area contributed by atoms with Crippen LogP contribution < -0.4 is 4.74 Å². The van der Waals surface area contributed by atoms with Crippen LogP contribution in [0, 0.1) is 0 Å². The number of sulfone groups is 1. The fourth-order valence-electron chi connectivity index (χ4n) is 0.988. The van der Waals surface area contributed by atoms with Gasteiger partial charge in [-0.3, -0.25) is 0 Å². The highest BCUT2D eigenvalue weighted by Crippen LogP contribution is 2.17. The van der Waals surface area contributed by atoms with Crippen molar-refractivity contribution in [2.45, 2.75) is 11.3 Å². The number of carbonyl (C=O) groups excluding carboxylic acids is 1. The van der Waals surface area contributed by atoms with E-state index in [2.05, 4.69) is 14.1 Å². The zero-order chi connectivity index (χ0) is 14.3. The van der Waals surface area contributed by atoms with Crippen molar-refractivity contribution in [2.24, 2.45) is 0 Å². The van der Waals surface area contributed by atoms with Crippen molar-refractivity contribution in [3.8, 4) is 6.01 Å². The van der Waals surface area contributed by atoms with Crippen molar-refractivity contribution >= 4 is 27.3 Å². The molecule has 0 amide bonds. The van der Waals surface area contributed by atoms with Gasteiger partial charge >= 0.3 is 12.0 Å². The molecule has 0 fully saturated rings. The lowest BCUT2D eigenvalue weighted by atomic mass is 10.7. The molecule has 0 aliphatic carbocycles. The second kappa shape index (κ2) is 7.36. The maximum atomic E-state index is 11.7. The highest BCUT2D eigenvalue weighted by molar-refractivity contribution is 7.93. The van der Waals surface area contributed by atoms with E-state index in [1.54, 1.807) is 6.92 Å². The van der Waals surface area contributed by atoms with Crippen LogP contribution in [-0.2, 0) is 24.1 Å². The fourth-order valence-corrected chi connectivity index (χ4v) is 2.95. The predicted octanol–water partition coefficient (Wildman–Crippen LogP) is -0.0999. The highest BCUT2D eigenvalue weighted by Gasteiger charge is 2.20. The molecule has 0 bridgehead atoms. The molecule has 0 saturated heterocycles. The number of rotatable bonds is 8. The zero-order valence-corrected chi connectivity index (χ0v) is 12.1.